The molecule has 138 valence electrons. The smallest absolute Gasteiger partial charge is 0.390 e. The third-order valence-corrected chi connectivity index (χ3v) is 3.56. The fourth-order valence-electron chi connectivity index (χ4n) is 2.36. The van der Waals surface area contributed by atoms with Crippen molar-refractivity contribution in [2.75, 3.05) is 7.11 Å². The maximum Gasteiger partial charge on any atom is 0.430 e. The number of benzene rings is 1. The molecule has 0 fully saturated rings. The van der Waals surface area contributed by atoms with Gasteiger partial charge in [-0.15, -0.1) is 5.10 Å². The Morgan fingerprint density at radius 1 is 1.04 bits per heavy atom. The molecular formula is C14H13F6N3O2. The van der Waals surface area contributed by atoms with E-state index in [0.717, 1.165) is 12.1 Å². The number of aliphatic hydroxyl groups is 1. The number of methoxy groups -OCH3 is 1. The standard InChI is InChI=1S/C14H13F6N3O2/c1-25-12(13(15,16)17,14(18,19)20)10-4-2-9(3-5-10)6-23-7-11(8-24)21-22-23/h2-5,7,24H,6,8H2,1H3. The van der Waals surface area contributed by atoms with E-state index in [0.29, 0.717) is 24.8 Å². The first-order chi connectivity index (χ1) is 11.5. The van der Waals surface area contributed by atoms with Crippen LogP contribution in [0.5, 0.6) is 0 Å². The lowest BCUT2D eigenvalue weighted by molar-refractivity contribution is -0.383. The van der Waals surface area contributed by atoms with E-state index < -0.39 is 23.5 Å². The molecule has 0 saturated carbocycles. The van der Waals surface area contributed by atoms with Crippen molar-refractivity contribution in [3.05, 3.63) is 47.3 Å². The minimum Gasteiger partial charge on any atom is -0.390 e. The Morgan fingerprint density at radius 3 is 2.00 bits per heavy atom. The third kappa shape index (κ3) is 3.47. The van der Waals surface area contributed by atoms with Crippen LogP contribution in [0, 0.1) is 0 Å². The molecular weight excluding hydrogens is 356 g/mol. The van der Waals surface area contributed by atoms with Gasteiger partial charge in [0.25, 0.3) is 5.60 Å². The Labute approximate surface area is 137 Å². The van der Waals surface area contributed by atoms with E-state index in [1.165, 1.54) is 10.9 Å². The Morgan fingerprint density at radius 2 is 1.60 bits per heavy atom. The number of aliphatic hydroxyl groups excluding tert-OH is 1. The topological polar surface area (TPSA) is 60.2 Å². The highest BCUT2D eigenvalue weighted by molar-refractivity contribution is 5.31. The maximum absolute atomic E-state index is 13.2. The average Bonchev–Trinajstić information content (AvgIpc) is 2.95. The van der Waals surface area contributed by atoms with Crippen molar-refractivity contribution in [3.8, 4) is 0 Å². The van der Waals surface area contributed by atoms with Crippen molar-refractivity contribution in [1.82, 2.24) is 15.0 Å². The molecule has 0 radical (unpaired) electrons. The van der Waals surface area contributed by atoms with E-state index in [2.05, 4.69) is 15.0 Å². The van der Waals surface area contributed by atoms with Crippen LogP contribution in [0.15, 0.2) is 30.5 Å². The summed E-state index contributed by atoms with van der Waals surface area (Å²) in [7, 11) is 0.362. The summed E-state index contributed by atoms with van der Waals surface area (Å²) in [5.74, 6) is 0. The first-order valence-corrected chi connectivity index (χ1v) is 6.83. The number of halogens is 6. The van der Waals surface area contributed by atoms with E-state index in [9.17, 15) is 26.3 Å². The molecule has 0 aliphatic rings. The number of hydrogen-bond acceptors (Lipinski definition) is 4. The van der Waals surface area contributed by atoms with Crippen LogP contribution in [-0.2, 0) is 23.5 Å². The molecule has 1 aromatic carbocycles. The van der Waals surface area contributed by atoms with Gasteiger partial charge in [-0.2, -0.15) is 26.3 Å². The minimum atomic E-state index is -5.69. The van der Waals surface area contributed by atoms with Crippen LogP contribution in [-0.4, -0.2) is 39.6 Å². The number of ether oxygens (including phenoxy) is 1. The SMILES string of the molecule is COC(c1ccc(Cn2cc(CO)nn2)cc1)(C(F)(F)F)C(F)(F)F. The Balaban J connectivity index is 2.35. The number of nitrogens with zero attached hydrogens (tertiary/aromatic N) is 3. The lowest BCUT2D eigenvalue weighted by Crippen LogP contribution is -2.55. The predicted molar refractivity (Wildman–Crippen MR) is 72.3 cm³/mol. The van der Waals surface area contributed by atoms with Crippen molar-refractivity contribution in [2.24, 2.45) is 0 Å². The van der Waals surface area contributed by atoms with Crippen LogP contribution in [0.2, 0.25) is 0 Å². The highest BCUT2D eigenvalue weighted by Crippen LogP contribution is 2.52. The monoisotopic (exact) mass is 369 g/mol. The molecule has 1 heterocycles. The van der Waals surface area contributed by atoms with Gasteiger partial charge in [0.1, 0.15) is 5.69 Å². The van der Waals surface area contributed by atoms with Gasteiger partial charge in [-0.3, -0.25) is 0 Å². The number of hydrogen-bond donors (Lipinski definition) is 1. The summed E-state index contributed by atoms with van der Waals surface area (Å²) < 4.78 is 84.1. The molecule has 25 heavy (non-hydrogen) atoms. The molecule has 0 aliphatic heterocycles. The Kier molecular flexibility index (Phi) is 5.09. The van der Waals surface area contributed by atoms with E-state index >= 15 is 0 Å². The average molecular weight is 369 g/mol. The van der Waals surface area contributed by atoms with Gasteiger partial charge < -0.3 is 9.84 Å². The molecule has 1 aromatic heterocycles. The van der Waals surface area contributed by atoms with Crippen molar-refractivity contribution in [2.45, 2.75) is 31.1 Å². The maximum atomic E-state index is 13.2. The molecule has 0 atom stereocenters. The molecule has 5 nitrogen and oxygen atoms in total. The van der Waals surface area contributed by atoms with Gasteiger partial charge in [-0.05, 0) is 5.56 Å². The van der Waals surface area contributed by atoms with Crippen LogP contribution in [0.25, 0.3) is 0 Å². The normalized spacial score (nSPS) is 13.3. The van der Waals surface area contributed by atoms with Crippen molar-refractivity contribution in [3.63, 3.8) is 0 Å². The fraction of sp³-hybridized carbons (Fsp3) is 0.429. The largest absolute Gasteiger partial charge is 0.430 e. The predicted octanol–water partition coefficient (Wildman–Crippen LogP) is 2.79. The van der Waals surface area contributed by atoms with Gasteiger partial charge in [0, 0.05) is 12.7 Å². The van der Waals surface area contributed by atoms with Crippen LogP contribution >= 0.6 is 0 Å². The van der Waals surface area contributed by atoms with Gasteiger partial charge >= 0.3 is 12.4 Å². The molecule has 0 aliphatic carbocycles. The highest BCUT2D eigenvalue weighted by atomic mass is 19.4. The Bertz CT molecular complexity index is 695. The zero-order valence-corrected chi connectivity index (χ0v) is 12.8. The summed E-state index contributed by atoms with van der Waals surface area (Å²) in [6, 6.07) is 3.65. The molecule has 0 unspecified atom stereocenters. The second kappa shape index (κ2) is 6.64. The minimum absolute atomic E-state index is 0.0608. The van der Waals surface area contributed by atoms with E-state index in [-0.39, 0.29) is 18.8 Å². The van der Waals surface area contributed by atoms with Gasteiger partial charge in [0.05, 0.1) is 19.3 Å². The summed E-state index contributed by atoms with van der Waals surface area (Å²) in [6.45, 7) is -0.280. The van der Waals surface area contributed by atoms with E-state index in [1.54, 1.807) is 0 Å². The molecule has 2 rings (SSSR count). The molecule has 1 N–H and O–H groups in total. The number of alkyl halides is 6. The van der Waals surface area contributed by atoms with Crippen molar-refractivity contribution in [1.29, 1.82) is 0 Å². The molecule has 0 spiro atoms. The first kappa shape index (κ1) is 19.2. The zero-order valence-electron chi connectivity index (χ0n) is 12.8. The quantitative estimate of drug-likeness (QED) is 0.824. The van der Waals surface area contributed by atoms with Crippen LogP contribution < -0.4 is 0 Å². The highest BCUT2D eigenvalue weighted by Gasteiger charge is 2.72. The fourth-order valence-corrected chi connectivity index (χ4v) is 2.36. The molecule has 2 aromatic rings. The summed E-state index contributed by atoms with van der Waals surface area (Å²) in [4.78, 5) is 0. The molecule has 0 bridgehead atoms. The van der Waals surface area contributed by atoms with Gasteiger partial charge in [0.2, 0.25) is 0 Å². The Hall–Kier alpha value is -2.14. The zero-order chi connectivity index (χ0) is 18.9. The van der Waals surface area contributed by atoms with E-state index in [1.807, 2.05) is 0 Å². The van der Waals surface area contributed by atoms with Crippen LogP contribution in [0.3, 0.4) is 0 Å². The molecule has 0 saturated heterocycles. The molecule has 0 amide bonds. The van der Waals surface area contributed by atoms with Crippen LogP contribution in [0.1, 0.15) is 16.8 Å². The van der Waals surface area contributed by atoms with Crippen LogP contribution in [0.4, 0.5) is 26.3 Å². The second-order valence-corrected chi connectivity index (χ2v) is 5.14. The molecule has 11 heteroatoms. The number of rotatable bonds is 5. The third-order valence-electron chi connectivity index (χ3n) is 3.56. The lowest BCUT2D eigenvalue weighted by Gasteiger charge is -2.36. The van der Waals surface area contributed by atoms with E-state index in [4.69, 9.17) is 5.11 Å². The second-order valence-electron chi connectivity index (χ2n) is 5.14. The summed E-state index contributed by atoms with van der Waals surface area (Å²) in [5, 5.41) is 16.2. The summed E-state index contributed by atoms with van der Waals surface area (Å²) in [5.41, 5.74) is -4.81. The van der Waals surface area contributed by atoms with Gasteiger partial charge in [0.15, 0.2) is 0 Å². The van der Waals surface area contributed by atoms with Crippen molar-refractivity contribution < 1.29 is 36.2 Å². The lowest BCUT2D eigenvalue weighted by atomic mass is 9.91. The number of aromatic nitrogens is 3. The first-order valence-electron chi connectivity index (χ1n) is 6.83. The van der Waals surface area contributed by atoms with Crippen molar-refractivity contribution >= 4 is 0 Å². The van der Waals surface area contributed by atoms with Gasteiger partial charge in [-0.25, -0.2) is 4.68 Å². The summed E-state index contributed by atoms with van der Waals surface area (Å²) in [6.07, 6.45) is -9.98. The summed E-state index contributed by atoms with van der Waals surface area (Å²) >= 11 is 0. The van der Waals surface area contributed by atoms with Gasteiger partial charge in [-0.1, -0.05) is 29.5 Å².